The molecular weight excluding hydrogens is 586 g/mol. The Morgan fingerprint density at radius 3 is 2.32 bits per heavy atom. The highest BCUT2D eigenvalue weighted by atomic mass is 19.4. The van der Waals surface area contributed by atoms with Crippen LogP contribution in [0.2, 0.25) is 0 Å². The monoisotopic (exact) mass is 617 g/mol. The number of alkyl halides is 3. The fraction of sp³-hybridized carbons (Fsp3) is 0.484. The first-order valence-corrected chi connectivity index (χ1v) is 14.4. The lowest BCUT2D eigenvalue weighted by Gasteiger charge is -2.31. The second kappa shape index (κ2) is 12.3. The number of carboxylic acid groups (broad SMARTS) is 1. The van der Waals surface area contributed by atoms with Crippen molar-refractivity contribution in [2.24, 2.45) is 23.7 Å². The normalized spacial score (nSPS) is 26.0. The van der Waals surface area contributed by atoms with E-state index in [1.165, 1.54) is 13.2 Å². The molecule has 3 aliphatic rings. The molecule has 0 radical (unpaired) electrons. The highest BCUT2D eigenvalue weighted by molar-refractivity contribution is 5.99. The quantitative estimate of drug-likeness (QED) is 0.331. The van der Waals surface area contributed by atoms with Gasteiger partial charge in [-0.25, -0.2) is 4.39 Å². The van der Waals surface area contributed by atoms with Crippen molar-refractivity contribution in [1.82, 2.24) is 5.32 Å². The zero-order valence-corrected chi connectivity index (χ0v) is 23.7. The molecule has 5 rings (SSSR count). The van der Waals surface area contributed by atoms with Crippen LogP contribution in [-0.4, -0.2) is 42.1 Å². The SMILES string of the molecule is COc1cc(F)c(OC2CCC(C(=O)O)CC2)cc1C(=O)N[C@@H]1[C@H]2CC[C@H](C2)[C@@H]1C(=O)Nc1cc(C#N)cc(C(F)(F)F)c1. The van der Waals surface area contributed by atoms with Crippen LogP contribution in [0.4, 0.5) is 23.2 Å². The zero-order chi connectivity index (χ0) is 31.8. The van der Waals surface area contributed by atoms with E-state index in [4.69, 9.17) is 9.47 Å². The number of anilines is 1. The number of hydrogen-bond acceptors (Lipinski definition) is 6. The molecule has 9 nitrogen and oxygen atoms in total. The molecule has 2 aromatic carbocycles. The van der Waals surface area contributed by atoms with Crippen LogP contribution in [0.5, 0.6) is 11.5 Å². The second-order valence-corrected chi connectivity index (χ2v) is 11.7. The number of aliphatic carboxylic acids is 1. The third-order valence-electron chi connectivity index (χ3n) is 8.99. The van der Waals surface area contributed by atoms with E-state index >= 15 is 0 Å². The van der Waals surface area contributed by atoms with Gasteiger partial charge in [0, 0.05) is 17.8 Å². The molecule has 2 amide bonds. The summed E-state index contributed by atoms with van der Waals surface area (Å²) < 4.78 is 66.1. The van der Waals surface area contributed by atoms with Gasteiger partial charge in [0.1, 0.15) is 5.75 Å². The maximum Gasteiger partial charge on any atom is 0.416 e. The van der Waals surface area contributed by atoms with Gasteiger partial charge in [0.05, 0.1) is 47.8 Å². The lowest BCUT2D eigenvalue weighted by molar-refractivity contribution is -0.143. The number of rotatable bonds is 8. The summed E-state index contributed by atoms with van der Waals surface area (Å²) in [5, 5.41) is 23.8. The van der Waals surface area contributed by atoms with Crippen LogP contribution < -0.4 is 20.1 Å². The minimum atomic E-state index is -4.72. The lowest BCUT2D eigenvalue weighted by atomic mass is 9.83. The fourth-order valence-electron chi connectivity index (χ4n) is 6.84. The molecule has 2 aromatic rings. The predicted molar refractivity (Wildman–Crippen MR) is 147 cm³/mol. The van der Waals surface area contributed by atoms with Gasteiger partial charge in [-0.1, -0.05) is 0 Å². The number of methoxy groups -OCH3 is 1. The van der Waals surface area contributed by atoms with E-state index in [0.717, 1.165) is 24.6 Å². The Morgan fingerprint density at radius 1 is 0.977 bits per heavy atom. The van der Waals surface area contributed by atoms with Crippen molar-refractivity contribution in [3.8, 4) is 17.6 Å². The summed E-state index contributed by atoms with van der Waals surface area (Å²) in [6.45, 7) is 0. The van der Waals surface area contributed by atoms with Gasteiger partial charge in [0.2, 0.25) is 5.91 Å². The molecule has 3 saturated carbocycles. The number of carbonyl (C=O) groups excluding carboxylic acids is 2. The Kier molecular flexibility index (Phi) is 8.72. The van der Waals surface area contributed by atoms with E-state index in [0.29, 0.717) is 44.6 Å². The van der Waals surface area contributed by atoms with E-state index < -0.39 is 59.3 Å². The van der Waals surface area contributed by atoms with Crippen LogP contribution in [-0.2, 0) is 15.8 Å². The summed E-state index contributed by atoms with van der Waals surface area (Å²) in [6.07, 6.45) is -1.46. The van der Waals surface area contributed by atoms with Gasteiger partial charge in [-0.2, -0.15) is 18.4 Å². The first-order valence-electron chi connectivity index (χ1n) is 14.4. The number of carboxylic acids is 1. The number of ether oxygens (including phenoxy) is 2. The van der Waals surface area contributed by atoms with Gasteiger partial charge in [-0.15, -0.1) is 0 Å². The predicted octanol–water partition coefficient (Wildman–Crippen LogP) is 5.53. The minimum Gasteiger partial charge on any atom is -0.496 e. The first kappa shape index (κ1) is 31.1. The molecule has 0 aromatic heterocycles. The maximum absolute atomic E-state index is 14.9. The number of amides is 2. The average Bonchev–Trinajstić information content (AvgIpc) is 3.59. The van der Waals surface area contributed by atoms with Crippen molar-refractivity contribution in [1.29, 1.82) is 5.26 Å². The second-order valence-electron chi connectivity index (χ2n) is 11.7. The molecule has 234 valence electrons. The summed E-state index contributed by atoms with van der Waals surface area (Å²) in [5.41, 5.74) is -1.53. The van der Waals surface area contributed by atoms with E-state index in [9.17, 15) is 42.3 Å². The molecule has 0 aliphatic heterocycles. The molecule has 4 atom stereocenters. The van der Waals surface area contributed by atoms with Crippen molar-refractivity contribution in [2.45, 2.75) is 63.3 Å². The van der Waals surface area contributed by atoms with Gasteiger partial charge >= 0.3 is 12.1 Å². The number of nitrogens with one attached hydrogen (secondary N) is 2. The highest BCUT2D eigenvalue weighted by Gasteiger charge is 2.51. The summed E-state index contributed by atoms with van der Waals surface area (Å²) in [7, 11) is 1.28. The average molecular weight is 618 g/mol. The van der Waals surface area contributed by atoms with E-state index in [2.05, 4.69) is 10.6 Å². The number of hydrogen-bond donors (Lipinski definition) is 3. The Bertz CT molecular complexity index is 1500. The first-order chi connectivity index (χ1) is 20.9. The van der Waals surface area contributed by atoms with Crippen molar-refractivity contribution in [3.05, 3.63) is 52.8 Å². The van der Waals surface area contributed by atoms with Gasteiger partial charge < -0.3 is 25.2 Å². The molecule has 0 heterocycles. The number of halogens is 4. The molecular formula is C31H31F4N3O6. The molecule has 0 saturated heterocycles. The van der Waals surface area contributed by atoms with Crippen LogP contribution in [0.25, 0.3) is 0 Å². The number of carbonyl (C=O) groups is 3. The zero-order valence-electron chi connectivity index (χ0n) is 23.7. The Hall–Kier alpha value is -4.34. The molecule has 2 bridgehead atoms. The smallest absolute Gasteiger partial charge is 0.416 e. The number of benzene rings is 2. The molecule has 0 spiro atoms. The molecule has 3 N–H and O–H groups in total. The molecule has 3 aliphatic carbocycles. The van der Waals surface area contributed by atoms with E-state index in [1.807, 2.05) is 0 Å². The third kappa shape index (κ3) is 6.44. The van der Waals surface area contributed by atoms with Gasteiger partial charge in [-0.05, 0) is 81.0 Å². The van der Waals surface area contributed by atoms with Crippen molar-refractivity contribution < 1.29 is 46.5 Å². The highest BCUT2D eigenvalue weighted by Crippen LogP contribution is 2.49. The topological polar surface area (TPSA) is 138 Å². The summed E-state index contributed by atoms with van der Waals surface area (Å²) in [4.78, 5) is 38.3. The van der Waals surface area contributed by atoms with Crippen LogP contribution in [0.1, 0.15) is 66.4 Å². The number of nitrogens with zero attached hydrogens (tertiary/aromatic N) is 1. The fourth-order valence-corrected chi connectivity index (χ4v) is 6.84. The van der Waals surface area contributed by atoms with Gasteiger partial charge in [0.15, 0.2) is 11.6 Å². The van der Waals surface area contributed by atoms with Crippen molar-refractivity contribution >= 4 is 23.5 Å². The van der Waals surface area contributed by atoms with Gasteiger partial charge in [-0.3, -0.25) is 14.4 Å². The number of nitriles is 1. The minimum absolute atomic E-state index is 0.0263. The Morgan fingerprint density at radius 2 is 1.68 bits per heavy atom. The summed E-state index contributed by atoms with van der Waals surface area (Å²) >= 11 is 0. The Labute approximate surface area is 250 Å². The molecule has 3 fully saturated rings. The Balaban J connectivity index is 1.33. The largest absolute Gasteiger partial charge is 0.496 e. The molecule has 0 unspecified atom stereocenters. The molecule has 13 heteroatoms. The summed E-state index contributed by atoms with van der Waals surface area (Å²) in [5.74, 6) is -4.48. The van der Waals surface area contributed by atoms with E-state index in [-0.39, 0.29) is 40.1 Å². The van der Waals surface area contributed by atoms with Gasteiger partial charge in [0.25, 0.3) is 5.91 Å². The standard InChI is InChI=1S/C31H31F4N3O6/c1-43-24-13-23(32)25(44-21-6-4-16(5-7-21)30(41)42)12-22(24)28(39)38-27-18-3-2-17(10-18)26(27)29(40)37-20-9-15(14-36)8-19(11-20)31(33,34)35/h8-9,11-13,16-18,21,26-27H,2-7,10H2,1H3,(H,37,40)(H,38,39)(H,41,42)/t16?,17-,18+,21?,26+,27-/m1/s1. The van der Waals surface area contributed by atoms with Crippen LogP contribution in [0.3, 0.4) is 0 Å². The molecule has 44 heavy (non-hydrogen) atoms. The van der Waals surface area contributed by atoms with Crippen LogP contribution in [0.15, 0.2) is 30.3 Å². The van der Waals surface area contributed by atoms with E-state index in [1.54, 1.807) is 6.07 Å². The van der Waals surface area contributed by atoms with Crippen LogP contribution >= 0.6 is 0 Å². The van der Waals surface area contributed by atoms with Crippen molar-refractivity contribution in [3.63, 3.8) is 0 Å². The lowest BCUT2D eigenvalue weighted by Crippen LogP contribution is -2.48. The van der Waals surface area contributed by atoms with Crippen LogP contribution in [0, 0.1) is 40.8 Å². The van der Waals surface area contributed by atoms with Crippen molar-refractivity contribution in [2.75, 3.05) is 12.4 Å². The number of fused-ring (bicyclic) bond motifs is 2. The maximum atomic E-state index is 14.9. The third-order valence-corrected chi connectivity index (χ3v) is 8.99. The summed E-state index contributed by atoms with van der Waals surface area (Å²) in [6, 6.07) is 5.90.